The maximum atomic E-state index is 10.9. The first-order chi connectivity index (χ1) is 9.58. The van der Waals surface area contributed by atoms with Gasteiger partial charge in [-0.1, -0.05) is 0 Å². The standard InChI is InChI=1S/C13H16N2O4S/c16-13(17)11-2-1-10(7-12(11)15(18)19)14-8-9-3-5-20-6-4-9/h1-2,7,9,14H,3-6,8H2,(H,16,17). The number of nitrogens with one attached hydrogen (secondary N) is 1. The monoisotopic (exact) mass is 296 g/mol. The molecule has 1 aromatic carbocycles. The largest absolute Gasteiger partial charge is 0.477 e. The molecule has 108 valence electrons. The SMILES string of the molecule is O=C(O)c1ccc(NCC2CCSCC2)cc1[N+](=O)[O-]. The Bertz CT molecular complexity index is 515. The molecule has 1 aliphatic rings. The van der Waals surface area contributed by atoms with Gasteiger partial charge in [0.1, 0.15) is 5.56 Å². The van der Waals surface area contributed by atoms with Crippen molar-refractivity contribution in [2.75, 3.05) is 23.4 Å². The molecule has 0 aliphatic carbocycles. The quantitative estimate of drug-likeness (QED) is 0.641. The van der Waals surface area contributed by atoms with E-state index in [1.165, 1.54) is 12.1 Å². The van der Waals surface area contributed by atoms with Gasteiger partial charge in [-0.15, -0.1) is 0 Å². The second-order valence-corrected chi connectivity index (χ2v) is 5.96. The van der Waals surface area contributed by atoms with Crippen LogP contribution in [0.25, 0.3) is 0 Å². The molecule has 0 radical (unpaired) electrons. The molecule has 0 atom stereocenters. The molecular formula is C13H16N2O4S. The summed E-state index contributed by atoms with van der Waals surface area (Å²) in [6.07, 6.45) is 2.29. The highest BCUT2D eigenvalue weighted by atomic mass is 32.2. The number of nitro benzene ring substituents is 1. The zero-order valence-corrected chi connectivity index (χ0v) is 11.7. The molecule has 0 saturated carbocycles. The lowest BCUT2D eigenvalue weighted by Crippen LogP contribution is -2.19. The number of hydrogen-bond acceptors (Lipinski definition) is 5. The molecule has 0 aromatic heterocycles. The zero-order chi connectivity index (χ0) is 14.5. The highest BCUT2D eigenvalue weighted by molar-refractivity contribution is 7.99. The normalized spacial score (nSPS) is 15.8. The Labute approximate surface area is 120 Å². The van der Waals surface area contributed by atoms with E-state index in [4.69, 9.17) is 5.11 Å². The lowest BCUT2D eigenvalue weighted by molar-refractivity contribution is -0.385. The Hall–Kier alpha value is -1.76. The Balaban J connectivity index is 2.06. The number of anilines is 1. The summed E-state index contributed by atoms with van der Waals surface area (Å²) in [6.45, 7) is 0.768. The van der Waals surface area contributed by atoms with Gasteiger partial charge in [0.2, 0.25) is 0 Å². The molecule has 1 heterocycles. The van der Waals surface area contributed by atoms with E-state index in [9.17, 15) is 14.9 Å². The maximum Gasteiger partial charge on any atom is 0.342 e. The number of rotatable bonds is 5. The molecule has 0 unspecified atom stereocenters. The average Bonchev–Trinajstić information content (AvgIpc) is 2.45. The van der Waals surface area contributed by atoms with E-state index in [1.807, 2.05) is 11.8 Å². The molecule has 20 heavy (non-hydrogen) atoms. The van der Waals surface area contributed by atoms with Crippen LogP contribution in [0.1, 0.15) is 23.2 Å². The average molecular weight is 296 g/mol. The summed E-state index contributed by atoms with van der Waals surface area (Å²) in [6, 6.07) is 4.15. The van der Waals surface area contributed by atoms with Gasteiger partial charge < -0.3 is 10.4 Å². The topological polar surface area (TPSA) is 92.5 Å². The number of carbonyl (C=O) groups is 1. The van der Waals surface area contributed by atoms with Gasteiger partial charge in [0.15, 0.2) is 0 Å². The van der Waals surface area contributed by atoms with Crippen LogP contribution in [0.15, 0.2) is 18.2 Å². The van der Waals surface area contributed by atoms with Crippen LogP contribution in [0.3, 0.4) is 0 Å². The first-order valence-corrected chi connectivity index (χ1v) is 7.56. The number of aromatic carboxylic acids is 1. The fourth-order valence-corrected chi connectivity index (χ4v) is 3.39. The maximum absolute atomic E-state index is 10.9. The second-order valence-electron chi connectivity index (χ2n) is 4.73. The summed E-state index contributed by atoms with van der Waals surface area (Å²) in [5.41, 5.74) is -0.0590. The van der Waals surface area contributed by atoms with E-state index < -0.39 is 10.9 Å². The van der Waals surface area contributed by atoms with Crippen molar-refractivity contribution in [2.45, 2.75) is 12.8 Å². The minimum absolute atomic E-state index is 0.283. The molecule has 1 aromatic rings. The summed E-state index contributed by atoms with van der Waals surface area (Å²) >= 11 is 1.95. The van der Waals surface area contributed by atoms with Crippen LogP contribution in [0, 0.1) is 16.0 Å². The third-order valence-electron chi connectivity index (χ3n) is 3.36. The molecule has 1 saturated heterocycles. The molecule has 1 fully saturated rings. The minimum atomic E-state index is -1.28. The predicted molar refractivity (Wildman–Crippen MR) is 78.6 cm³/mol. The van der Waals surface area contributed by atoms with E-state index in [-0.39, 0.29) is 11.3 Å². The third-order valence-corrected chi connectivity index (χ3v) is 4.41. The van der Waals surface area contributed by atoms with Crippen LogP contribution in [-0.2, 0) is 0 Å². The molecule has 0 bridgehead atoms. The van der Waals surface area contributed by atoms with E-state index in [2.05, 4.69) is 5.32 Å². The van der Waals surface area contributed by atoms with Gasteiger partial charge >= 0.3 is 5.97 Å². The van der Waals surface area contributed by atoms with E-state index >= 15 is 0 Å². The summed E-state index contributed by atoms with van der Waals surface area (Å²) in [5.74, 6) is 1.61. The van der Waals surface area contributed by atoms with Crippen molar-refractivity contribution in [3.63, 3.8) is 0 Å². The van der Waals surface area contributed by atoms with Crippen LogP contribution in [0.2, 0.25) is 0 Å². The van der Waals surface area contributed by atoms with Crippen molar-refractivity contribution in [1.29, 1.82) is 0 Å². The van der Waals surface area contributed by atoms with Crippen molar-refractivity contribution in [3.05, 3.63) is 33.9 Å². The molecule has 0 spiro atoms. The number of nitro groups is 1. The van der Waals surface area contributed by atoms with Gasteiger partial charge in [-0.25, -0.2) is 4.79 Å². The number of thioether (sulfide) groups is 1. The Kier molecular flexibility index (Phi) is 4.84. The van der Waals surface area contributed by atoms with Crippen LogP contribution in [-0.4, -0.2) is 34.0 Å². The summed E-state index contributed by atoms with van der Waals surface area (Å²) < 4.78 is 0. The number of nitrogens with zero attached hydrogens (tertiary/aromatic N) is 1. The van der Waals surface area contributed by atoms with Crippen LogP contribution in [0.4, 0.5) is 11.4 Å². The summed E-state index contributed by atoms with van der Waals surface area (Å²) in [7, 11) is 0. The summed E-state index contributed by atoms with van der Waals surface area (Å²) in [5, 5.41) is 23.0. The highest BCUT2D eigenvalue weighted by Crippen LogP contribution is 2.26. The van der Waals surface area contributed by atoms with Crippen molar-refractivity contribution < 1.29 is 14.8 Å². The van der Waals surface area contributed by atoms with Gasteiger partial charge in [-0.05, 0) is 42.4 Å². The number of hydrogen-bond donors (Lipinski definition) is 2. The number of carboxylic acid groups (broad SMARTS) is 1. The zero-order valence-electron chi connectivity index (χ0n) is 10.9. The van der Waals surface area contributed by atoms with Crippen LogP contribution < -0.4 is 5.32 Å². The smallest absolute Gasteiger partial charge is 0.342 e. The fourth-order valence-electron chi connectivity index (χ4n) is 2.19. The lowest BCUT2D eigenvalue weighted by Gasteiger charge is -2.22. The molecule has 0 amide bonds. The van der Waals surface area contributed by atoms with Gasteiger partial charge in [-0.3, -0.25) is 10.1 Å². The molecule has 7 heteroatoms. The number of carboxylic acids is 1. The first kappa shape index (κ1) is 14.6. The van der Waals surface area contributed by atoms with Gasteiger partial charge in [-0.2, -0.15) is 11.8 Å². The van der Waals surface area contributed by atoms with Crippen LogP contribution in [0.5, 0.6) is 0 Å². The Morgan fingerprint density at radius 1 is 1.45 bits per heavy atom. The van der Waals surface area contributed by atoms with Crippen molar-refractivity contribution in [3.8, 4) is 0 Å². The predicted octanol–water partition coefficient (Wildman–Crippen LogP) is 2.85. The molecule has 1 aliphatic heterocycles. The van der Waals surface area contributed by atoms with E-state index in [0.717, 1.165) is 30.9 Å². The van der Waals surface area contributed by atoms with E-state index in [1.54, 1.807) is 6.07 Å². The molecule has 2 N–H and O–H groups in total. The lowest BCUT2D eigenvalue weighted by atomic mass is 10.0. The molecule has 2 rings (SSSR count). The summed E-state index contributed by atoms with van der Waals surface area (Å²) in [4.78, 5) is 21.2. The Morgan fingerprint density at radius 2 is 2.15 bits per heavy atom. The molecule has 6 nitrogen and oxygen atoms in total. The highest BCUT2D eigenvalue weighted by Gasteiger charge is 2.20. The van der Waals surface area contributed by atoms with Crippen molar-refractivity contribution in [2.24, 2.45) is 5.92 Å². The van der Waals surface area contributed by atoms with Gasteiger partial charge in [0.25, 0.3) is 5.69 Å². The third kappa shape index (κ3) is 3.63. The number of benzene rings is 1. The van der Waals surface area contributed by atoms with Crippen LogP contribution >= 0.6 is 11.8 Å². The first-order valence-electron chi connectivity index (χ1n) is 6.41. The second kappa shape index (κ2) is 6.60. The van der Waals surface area contributed by atoms with Crippen molar-refractivity contribution >= 4 is 29.1 Å². The minimum Gasteiger partial charge on any atom is -0.477 e. The van der Waals surface area contributed by atoms with E-state index in [0.29, 0.717) is 11.6 Å². The molecular weight excluding hydrogens is 280 g/mol. The van der Waals surface area contributed by atoms with Gasteiger partial charge in [0.05, 0.1) is 4.92 Å². The van der Waals surface area contributed by atoms with Crippen molar-refractivity contribution in [1.82, 2.24) is 0 Å². The Morgan fingerprint density at radius 3 is 2.75 bits per heavy atom. The fraction of sp³-hybridized carbons (Fsp3) is 0.462. The van der Waals surface area contributed by atoms with Gasteiger partial charge in [0, 0.05) is 18.3 Å².